The lowest BCUT2D eigenvalue weighted by atomic mass is 10.1. The molecule has 7 nitrogen and oxygen atoms in total. The standard InChI is InChI=1S/C23H33N5O2/c1-4-19-18(21(5-2)30-27-19)16-26-23(24-6-3)25-14-9-12-22(29)28-15-13-17-10-7-8-11-20(17)28/h7-8,10-11H,4-6,9,12-16H2,1-3H3,(H2,24,25,26). The van der Waals surface area contributed by atoms with Crippen LogP contribution in [0, 0.1) is 0 Å². The number of hydrogen-bond donors (Lipinski definition) is 2. The topological polar surface area (TPSA) is 82.8 Å². The summed E-state index contributed by atoms with van der Waals surface area (Å²) < 4.78 is 5.42. The van der Waals surface area contributed by atoms with E-state index in [1.165, 1.54) is 5.56 Å². The SMILES string of the molecule is CCNC(=NCc1c(CC)noc1CC)NCCCC(=O)N1CCc2ccccc21. The van der Waals surface area contributed by atoms with Crippen molar-refractivity contribution in [2.24, 2.45) is 4.99 Å². The molecule has 2 N–H and O–H groups in total. The summed E-state index contributed by atoms with van der Waals surface area (Å²) in [6.45, 7) is 8.97. The van der Waals surface area contributed by atoms with Crippen LogP contribution in [0.1, 0.15) is 56.2 Å². The number of aromatic nitrogens is 1. The molecule has 1 aliphatic heterocycles. The third-order valence-electron chi connectivity index (χ3n) is 5.39. The van der Waals surface area contributed by atoms with Gasteiger partial charge in [0.1, 0.15) is 5.76 Å². The molecule has 1 aliphatic rings. The van der Waals surface area contributed by atoms with Crippen molar-refractivity contribution < 1.29 is 9.32 Å². The molecule has 3 rings (SSSR count). The van der Waals surface area contributed by atoms with Crippen LogP contribution in [0.2, 0.25) is 0 Å². The van der Waals surface area contributed by atoms with Crippen LogP contribution in [0.15, 0.2) is 33.8 Å². The van der Waals surface area contributed by atoms with Crippen molar-refractivity contribution in [3.63, 3.8) is 0 Å². The number of benzene rings is 1. The van der Waals surface area contributed by atoms with Gasteiger partial charge in [0.15, 0.2) is 5.96 Å². The van der Waals surface area contributed by atoms with Crippen LogP contribution >= 0.6 is 0 Å². The highest BCUT2D eigenvalue weighted by Crippen LogP contribution is 2.28. The number of fused-ring (bicyclic) bond motifs is 1. The molecule has 0 aliphatic carbocycles. The smallest absolute Gasteiger partial charge is 0.227 e. The van der Waals surface area contributed by atoms with Gasteiger partial charge >= 0.3 is 0 Å². The van der Waals surface area contributed by atoms with Gasteiger partial charge in [-0.05, 0) is 37.8 Å². The molecule has 0 saturated carbocycles. The zero-order chi connectivity index (χ0) is 21.3. The monoisotopic (exact) mass is 411 g/mol. The minimum absolute atomic E-state index is 0.188. The van der Waals surface area contributed by atoms with Crippen molar-refractivity contribution in [3.8, 4) is 0 Å². The van der Waals surface area contributed by atoms with Gasteiger partial charge in [-0.15, -0.1) is 0 Å². The number of nitrogens with one attached hydrogen (secondary N) is 2. The molecule has 2 aromatic rings. The van der Waals surface area contributed by atoms with E-state index in [9.17, 15) is 4.79 Å². The second kappa shape index (κ2) is 10.8. The van der Waals surface area contributed by atoms with E-state index in [0.717, 1.165) is 67.4 Å². The minimum Gasteiger partial charge on any atom is -0.361 e. The summed E-state index contributed by atoms with van der Waals surface area (Å²) in [5.74, 6) is 1.85. The Labute approximate surface area is 178 Å². The minimum atomic E-state index is 0.188. The molecule has 0 bridgehead atoms. The predicted octanol–water partition coefficient (Wildman–Crippen LogP) is 3.22. The van der Waals surface area contributed by atoms with Crippen molar-refractivity contribution in [1.29, 1.82) is 0 Å². The second-order valence-corrected chi connectivity index (χ2v) is 7.39. The molecule has 30 heavy (non-hydrogen) atoms. The van der Waals surface area contributed by atoms with Crippen molar-refractivity contribution in [1.82, 2.24) is 15.8 Å². The zero-order valence-corrected chi connectivity index (χ0v) is 18.3. The first kappa shape index (κ1) is 21.9. The van der Waals surface area contributed by atoms with E-state index in [1.54, 1.807) is 0 Å². The zero-order valence-electron chi connectivity index (χ0n) is 18.3. The number of rotatable bonds is 9. The molecule has 162 valence electrons. The molecular weight excluding hydrogens is 378 g/mol. The fourth-order valence-corrected chi connectivity index (χ4v) is 3.80. The molecule has 0 radical (unpaired) electrons. The van der Waals surface area contributed by atoms with Crippen LogP contribution in [0.25, 0.3) is 0 Å². The van der Waals surface area contributed by atoms with Crippen LogP contribution in [0.3, 0.4) is 0 Å². The van der Waals surface area contributed by atoms with Crippen LogP contribution in [0.5, 0.6) is 0 Å². The van der Waals surface area contributed by atoms with E-state index in [-0.39, 0.29) is 5.91 Å². The first-order chi connectivity index (χ1) is 14.7. The molecule has 1 aromatic carbocycles. The largest absolute Gasteiger partial charge is 0.361 e. The molecule has 0 unspecified atom stereocenters. The maximum atomic E-state index is 12.6. The van der Waals surface area contributed by atoms with Gasteiger partial charge in [0.25, 0.3) is 0 Å². The lowest BCUT2D eigenvalue weighted by molar-refractivity contribution is -0.118. The normalized spacial score (nSPS) is 13.4. The lowest BCUT2D eigenvalue weighted by Gasteiger charge is -2.17. The first-order valence-corrected chi connectivity index (χ1v) is 11.0. The quantitative estimate of drug-likeness (QED) is 0.376. The third kappa shape index (κ3) is 5.20. The lowest BCUT2D eigenvalue weighted by Crippen LogP contribution is -2.38. The number of carbonyl (C=O) groups excluding carboxylic acids is 1. The summed E-state index contributed by atoms with van der Waals surface area (Å²) >= 11 is 0. The Balaban J connectivity index is 1.50. The summed E-state index contributed by atoms with van der Waals surface area (Å²) in [4.78, 5) is 19.2. The van der Waals surface area contributed by atoms with Gasteiger partial charge in [0.05, 0.1) is 12.2 Å². The van der Waals surface area contributed by atoms with Gasteiger partial charge in [0.2, 0.25) is 5.91 Å². The number of guanidine groups is 1. The van der Waals surface area contributed by atoms with Crippen molar-refractivity contribution >= 4 is 17.6 Å². The maximum absolute atomic E-state index is 12.6. The number of carbonyl (C=O) groups is 1. The summed E-state index contributed by atoms with van der Waals surface area (Å²) in [7, 11) is 0. The Hall–Kier alpha value is -2.83. The molecule has 0 saturated heterocycles. The molecule has 0 atom stereocenters. The van der Waals surface area contributed by atoms with Gasteiger partial charge < -0.3 is 20.1 Å². The van der Waals surface area contributed by atoms with Gasteiger partial charge in [-0.1, -0.05) is 37.2 Å². The fourth-order valence-electron chi connectivity index (χ4n) is 3.80. The Kier molecular flexibility index (Phi) is 7.88. The highest BCUT2D eigenvalue weighted by atomic mass is 16.5. The average Bonchev–Trinajstić information content (AvgIpc) is 3.38. The fraction of sp³-hybridized carbons (Fsp3) is 0.522. The van der Waals surface area contributed by atoms with Gasteiger partial charge in [-0.2, -0.15) is 0 Å². The molecule has 0 spiro atoms. The summed E-state index contributed by atoms with van der Waals surface area (Å²) in [5, 5.41) is 10.8. The van der Waals surface area contributed by atoms with Crippen LogP contribution in [0.4, 0.5) is 5.69 Å². The summed E-state index contributed by atoms with van der Waals surface area (Å²) in [6, 6.07) is 8.17. The van der Waals surface area contributed by atoms with E-state index < -0.39 is 0 Å². The van der Waals surface area contributed by atoms with E-state index in [1.807, 2.05) is 30.0 Å². The Morgan fingerprint density at radius 2 is 2.03 bits per heavy atom. The second-order valence-electron chi connectivity index (χ2n) is 7.39. The Bertz CT molecular complexity index is 853. The number of aliphatic imine (C=N–C) groups is 1. The molecule has 0 fully saturated rings. The Morgan fingerprint density at radius 1 is 1.20 bits per heavy atom. The third-order valence-corrected chi connectivity index (χ3v) is 5.39. The van der Waals surface area contributed by atoms with Gasteiger partial charge in [0, 0.05) is 43.7 Å². The molecule has 1 aromatic heterocycles. The highest BCUT2D eigenvalue weighted by molar-refractivity contribution is 5.95. The van der Waals surface area contributed by atoms with Crippen LogP contribution in [-0.2, 0) is 30.6 Å². The van der Waals surface area contributed by atoms with Crippen LogP contribution in [-0.4, -0.2) is 36.7 Å². The molecule has 1 amide bonds. The number of hydrogen-bond acceptors (Lipinski definition) is 4. The number of amides is 1. The molecule has 2 heterocycles. The van der Waals surface area contributed by atoms with Gasteiger partial charge in [-0.3, -0.25) is 4.79 Å². The highest BCUT2D eigenvalue weighted by Gasteiger charge is 2.23. The van der Waals surface area contributed by atoms with Gasteiger partial charge in [-0.25, -0.2) is 4.99 Å². The summed E-state index contributed by atoms with van der Waals surface area (Å²) in [5.41, 5.74) is 4.39. The summed E-state index contributed by atoms with van der Waals surface area (Å²) in [6.07, 6.45) is 3.87. The first-order valence-electron chi connectivity index (χ1n) is 11.0. The van der Waals surface area contributed by atoms with E-state index in [0.29, 0.717) is 19.5 Å². The van der Waals surface area contributed by atoms with Crippen molar-refractivity contribution in [2.75, 3.05) is 24.5 Å². The van der Waals surface area contributed by atoms with E-state index in [2.05, 4.69) is 35.7 Å². The molecule has 7 heteroatoms. The predicted molar refractivity (Wildman–Crippen MR) is 120 cm³/mol. The van der Waals surface area contributed by atoms with Crippen LogP contribution < -0.4 is 15.5 Å². The maximum Gasteiger partial charge on any atom is 0.227 e. The molecular formula is C23H33N5O2. The van der Waals surface area contributed by atoms with E-state index >= 15 is 0 Å². The number of aryl methyl sites for hydroxylation is 2. The van der Waals surface area contributed by atoms with Crippen molar-refractivity contribution in [3.05, 3.63) is 46.8 Å². The van der Waals surface area contributed by atoms with Crippen molar-refractivity contribution in [2.45, 2.75) is 59.4 Å². The number of nitrogens with zero attached hydrogens (tertiary/aromatic N) is 3. The Morgan fingerprint density at radius 3 is 2.80 bits per heavy atom. The average molecular weight is 412 g/mol. The number of para-hydroxylation sites is 1. The van der Waals surface area contributed by atoms with E-state index in [4.69, 9.17) is 9.52 Å². The number of anilines is 1.